The normalized spacial score (nSPS) is 13.8. The van der Waals surface area contributed by atoms with Crippen molar-refractivity contribution in [2.75, 3.05) is 43.1 Å². The predicted molar refractivity (Wildman–Crippen MR) is 118 cm³/mol. The van der Waals surface area contributed by atoms with Crippen molar-refractivity contribution in [1.82, 2.24) is 9.97 Å². The lowest BCUT2D eigenvalue weighted by molar-refractivity contribution is -0.115. The Hall–Kier alpha value is -2.97. The van der Waals surface area contributed by atoms with Crippen molar-refractivity contribution in [3.63, 3.8) is 0 Å². The molecule has 30 heavy (non-hydrogen) atoms. The van der Waals surface area contributed by atoms with Gasteiger partial charge in [0.1, 0.15) is 10.8 Å². The summed E-state index contributed by atoms with van der Waals surface area (Å²) in [7, 11) is 0. The zero-order valence-corrected chi connectivity index (χ0v) is 17.7. The fourth-order valence-electron chi connectivity index (χ4n) is 3.32. The molecule has 1 aromatic carbocycles. The van der Waals surface area contributed by atoms with Crippen LogP contribution in [-0.2, 0) is 16.0 Å². The van der Waals surface area contributed by atoms with E-state index in [1.807, 2.05) is 48.7 Å². The number of morpholine rings is 1. The molecule has 2 aromatic heterocycles. The highest BCUT2D eigenvalue weighted by Gasteiger charge is 2.18. The van der Waals surface area contributed by atoms with E-state index in [0.29, 0.717) is 25.5 Å². The Morgan fingerprint density at radius 1 is 1.23 bits per heavy atom. The molecule has 1 amide bonds. The minimum absolute atomic E-state index is 0.118. The largest absolute Gasteiger partial charge is 0.493 e. The first-order valence-electron chi connectivity index (χ1n) is 9.98. The number of hydrogen-bond donors (Lipinski definition) is 1. The number of anilines is 2. The van der Waals surface area contributed by atoms with Crippen LogP contribution < -0.4 is 15.0 Å². The smallest absolute Gasteiger partial charge is 0.230 e. The first kappa shape index (κ1) is 20.3. The molecule has 156 valence electrons. The number of rotatable bonds is 7. The van der Waals surface area contributed by atoms with Crippen molar-refractivity contribution in [2.45, 2.75) is 13.3 Å². The average molecular weight is 425 g/mol. The first-order chi connectivity index (χ1) is 14.7. The molecule has 0 unspecified atom stereocenters. The van der Waals surface area contributed by atoms with Crippen LogP contribution >= 0.6 is 11.3 Å². The number of aromatic nitrogens is 2. The molecule has 8 heteroatoms. The maximum Gasteiger partial charge on any atom is 0.230 e. The average Bonchev–Trinajstić information content (AvgIpc) is 3.23. The van der Waals surface area contributed by atoms with E-state index in [1.54, 1.807) is 6.20 Å². The van der Waals surface area contributed by atoms with Crippen LogP contribution in [0.2, 0.25) is 0 Å². The Kier molecular flexibility index (Phi) is 6.56. The lowest BCUT2D eigenvalue weighted by Crippen LogP contribution is -2.37. The molecule has 0 radical (unpaired) electrons. The van der Waals surface area contributed by atoms with Crippen LogP contribution in [-0.4, -0.2) is 48.8 Å². The Morgan fingerprint density at radius 3 is 2.90 bits per heavy atom. The van der Waals surface area contributed by atoms with Gasteiger partial charge in [0.05, 0.1) is 43.2 Å². The third-order valence-corrected chi connectivity index (χ3v) is 5.61. The number of ether oxygens (including phenoxy) is 2. The van der Waals surface area contributed by atoms with Gasteiger partial charge in [-0.1, -0.05) is 12.1 Å². The van der Waals surface area contributed by atoms with Crippen LogP contribution in [0.4, 0.5) is 11.5 Å². The second-order valence-corrected chi connectivity index (χ2v) is 7.63. The van der Waals surface area contributed by atoms with Gasteiger partial charge in [-0.15, -0.1) is 11.3 Å². The Labute approximate surface area is 179 Å². The predicted octanol–water partition coefficient (Wildman–Crippen LogP) is 3.62. The summed E-state index contributed by atoms with van der Waals surface area (Å²) in [5.41, 5.74) is 2.38. The number of carbonyl (C=O) groups excluding carboxylic acids is 1. The van der Waals surface area contributed by atoms with Gasteiger partial charge in [-0.05, 0) is 31.2 Å². The van der Waals surface area contributed by atoms with Crippen LogP contribution in [0.25, 0.3) is 10.6 Å². The van der Waals surface area contributed by atoms with Gasteiger partial charge in [0.2, 0.25) is 5.91 Å². The molecule has 3 heterocycles. The van der Waals surface area contributed by atoms with E-state index in [1.165, 1.54) is 11.3 Å². The minimum Gasteiger partial charge on any atom is -0.493 e. The molecule has 0 bridgehead atoms. The molecule has 3 aromatic rings. The summed E-state index contributed by atoms with van der Waals surface area (Å²) in [6.45, 7) is 5.39. The maximum absolute atomic E-state index is 12.7. The van der Waals surface area contributed by atoms with Crippen molar-refractivity contribution in [2.24, 2.45) is 0 Å². The molecular formula is C22H24N4O3S. The fourth-order valence-corrected chi connectivity index (χ4v) is 4.17. The van der Waals surface area contributed by atoms with Crippen LogP contribution in [0.5, 0.6) is 5.75 Å². The van der Waals surface area contributed by atoms with Gasteiger partial charge in [0.15, 0.2) is 5.82 Å². The highest BCUT2D eigenvalue weighted by atomic mass is 32.1. The molecule has 1 fully saturated rings. The van der Waals surface area contributed by atoms with E-state index >= 15 is 0 Å². The SMILES string of the molecule is CCOc1ccccc1-c1nc(CC(=O)Nc2cccnc2N2CCOCC2)cs1. The molecule has 7 nitrogen and oxygen atoms in total. The van der Waals surface area contributed by atoms with Crippen LogP contribution in [0.1, 0.15) is 12.6 Å². The van der Waals surface area contributed by atoms with Crippen LogP contribution in [0.3, 0.4) is 0 Å². The van der Waals surface area contributed by atoms with Gasteiger partial charge >= 0.3 is 0 Å². The van der Waals surface area contributed by atoms with E-state index in [0.717, 1.165) is 40.9 Å². The zero-order valence-electron chi connectivity index (χ0n) is 16.8. The van der Waals surface area contributed by atoms with Gasteiger partial charge < -0.3 is 19.7 Å². The van der Waals surface area contributed by atoms with Gasteiger partial charge in [-0.3, -0.25) is 4.79 Å². The van der Waals surface area contributed by atoms with Gasteiger partial charge in [0.25, 0.3) is 0 Å². The van der Waals surface area contributed by atoms with E-state index < -0.39 is 0 Å². The van der Waals surface area contributed by atoms with Gasteiger partial charge in [-0.2, -0.15) is 0 Å². The minimum atomic E-state index is -0.118. The Balaban J connectivity index is 1.45. The number of benzene rings is 1. The molecule has 1 aliphatic heterocycles. The summed E-state index contributed by atoms with van der Waals surface area (Å²) in [6.07, 6.45) is 1.94. The third-order valence-electron chi connectivity index (χ3n) is 4.68. The molecule has 4 rings (SSSR count). The number of para-hydroxylation sites is 1. The number of pyridine rings is 1. The molecule has 0 aliphatic carbocycles. The lowest BCUT2D eigenvalue weighted by Gasteiger charge is -2.29. The van der Waals surface area contributed by atoms with Crippen molar-refractivity contribution in [3.05, 3.63) is 53.7 Å². The molecule has 0 atom stereocenters. The summed E-state index contributed by atoms with van der Waals surface area (Å²) < 4.78 is 11.1. The highest BCUT2D eigenvalue weighted by Crippen LogP contribution is 2.32. The fraction of sp³-hybridized carbons (Fsp3) is 0.318. The topological polar surface area (TPSA) is 76.6 Å². The zero-order chi connectivity index (χ0) is 20.8. The van der Waals surface area contributed by atoms with Gasteiger partial charge in [0, 0.05) is 24.7 Å². The highest BCUT2D eigenvalue weighted by molar-refractivity contribution is 7.13. The van der Waals surface area contributed by atoms with Crippen LogP contribution in [0, 0.1) is 0 Å². The number of nitrogens with one attached hydrogen (secondary N) is 1. The molecule has 0 spiro atoms. The molecular weight excluding hydrogens is 400 g/mol. The van der Waals surface area contributed by atoms with Crippen LogP contribution in [0.15, 0.2) is 48.0 Å². The number of amides is 1. The number of carbonyl (C=O) groups is 1. The van der Waals surface area contributed by atoms with Gasteiger partial charge in [-0.25, -0.2) is 9.97 Å². The molecule has 1 N–H and O–H groups in total. The van der Waals surface area contributed by atoms with E-state index in [-0.39, 0.29) is 12.3 Å². The quantitative estimate of drug-likeness (QED) is 0.624. The lowest BCUT2D eigenvalue weighted by atomic mass is 10.2. The standard InChI is InChI=1S/C22H24N4O3S/c1-2-29-19-8-4-3-6-17(19)22-24-16(15-30-22)14-20(27)25-18-7-5-9-23-21(18)26-10-12-28-13-11-26/h3-9,15H,2,10-14H2,1H3,(H,25,27). The summed E-state index contributed by atoms with van der Waals surface area (Å²) in [5, 5.41) is 5.76. The summed E-state index contributed by atoms with van der Waals surface area (Å²) in [5.74, 6) is 1.46. The second kappa shape index (κ2) is 9.69. The van der Waals surface area contributed by atoms with Crippen molar-refractivity contribution in [1.29, 1.82) is 0 Å². The number of nitrogens with zero attached hydrogens (tertiary/aromatic N) is 3. The van der Waals surface area contributed by atoms with E-state index in [2.05, 4.69) is 20.2 Å². The Bertz CT molecular complexity index is 1000. The molecule has 0 saturated carbocycles. The Morgan fingerprint density at radius 2 is 2.07 bits per heavy atom. The van der Waals surface area contributed by atoms with Crippen molar-refractivity contribution >= 4 is 28.7 Å². The monoisotopic (exact) mass is 424 g/mol. The van der Waals surface area contributed by atoms with E-state index in [4.69, 9.17) is 9.47 Å². The number of hydrogen-bond acceptors (Lipinski definition) is 7. The maximum atomic E-state index is 12.7. The van der Waals surface area contributed by atoms with E-state index in [9.17, 15) is 4.79 Å². The summed E-state index contributed by atoms with van der Waals surface area (Å²) in [4.78, 5) is 23.9. The molecule has 1 aliphatic rings. The third kappa shape index (κ3) is 4.77. The van der Waals surface area contributed by atoms with Crippen molar-refractivity contribution in [3.8, 4) is 16.3 Å². The molecule has 1 saturated heterocycles. The summed E-state index contributed by atoms with van der Waals surface area (Å²) >= 11 is 1.51. The first-order valence-corrected chi connectivity index (χ1v) is 10.9. The summed E-state index contributed by atoms with van der Waals surface area (Å²) in [6, 6.07) is 11.5. The van der Waals surface area contributed by atoms with Crippen molar-refractivity contribution < 1.29 is 14.3 Å². The number of thiazole rings is 1. The second-order valence-electron chi connectivity index (χ2n) is 6.77.